The van der Waals surface area contributed by atoms with E-state index in [-0.39, 0.29) is 10.6 Å². The lowest BCUT2D eigenvalue weighted by molar-refractivity contribution is 0.0282. The lowest BCUT2D eigenvalue weighted by atomic mass is 9.87. The fourth-order valence-corrected chi connectivity index (χ4v) is 5.54. The Hall–Kier alpha value is -2.08. The molecular weight excluding hydrogens is 434 g/mol. The average molecular weight is 470 g/mol. The molecule has 3 heterocycles. The first-order valence-corrected chi connectivity index (χ1v) is 12.3. The van der Waals surface area contributed by atoms with Crippen LogP contribution in [0.5, 0.6) is 0 Å². The number of benzene rings is 1. The monoisotopic (exact) mass is 469 g/mol. The number of rotatable bonds is 5. The number of aryl methyl sites for hydroxylation is 1. The van der Waals surface area contributed by atoms with Gasteiger partial charge in [0.15, 0.2) is 0 Å². The molecule has 178 valence electrons. The fraction of sp³-hybridized carbons (Fsp3) is 0.519. The Morgan fingerprint density at radius 1 is 1.24 bits per heavy atom. The molecule has 2 aromatic heterocycles. The molecule has 5 nitrogen and oxygen atoms in total. The number of aliphatic hydroxyl groups is 1. The number of hydrogen-bond acceptors (Lipinski definition) is 3. The zero-order valence-electron chi connectivity index (χ0n) is 20.6. The molecule has 0 atom stereocenters. The van der Waals surface area contributed by atoms with Crippen molar-refractivity contribution >= 4 is 22.5 Å². The molecule has 33 heavy (non-hydrogen) atoms. The van der Waals surface area contributed by atoms with Gasteiger partial charge in [-0.05, 0) is 87.4 Å². The third kappa shape index (κ3) is 4.77. The molecule has 6 heteroatoms. The van der Waals surface area contributed by atoms with Crippen LogP contribution in [-0.4, -0.2) is 44.8 Å². The first-order valence-electron chi connectivity index (χ1n) is 11.9. The van der Waals surface area contributed by atoms with Crippen molar-refractivity contribution < 1.29 is 5.11 Å². The Morgan fingerprint density at radius 2 is 1.91 bits per heavy atom. The van der Waals surface area contributed by atoms with Crippen molar-refractivity contribution in [3.05, 3.63) is 56.5 Å². The number of nitrogens with one attached hydrogen (secondary N) is 1. The maximum Gasteiger partial charge on any atom is 0.269 e. The number of H-pyrrole nitrogens is 1. The molecule has 1 fully saturated rings. The summed E-state index contributed by atoms with van der Waals surface area (Å²) in [5.41, 5.74) is 5.78. The summed E-state index contributed by atoms with van der Waals surface area (Å²) in [6.07, 6.45) is 4.09. The van der Waals surface area contributed by atoms with E-state index in [9.17, 15) is 9.90 Å². The molecule has 1 aliphatic heterocycles. The summed E-state index contributed by atoms with van der Waals surface area (Å²) in [5.74, 6) is 0.840. The maximum absolute atomic E-state index is 12.3. The van der Waals surface area contributed by atoms with Gasteiger partial charge >= 0.3 is 0 Å². The van der Waals surface area contributed by atoms with E-state index >= 15 is 0 Å². The van der Waals surface area contributed by atoms with Crippen LogP contribution in [-0.2, 0) is 7.05 Å². The van der Waals surface area contributed by atoms with Gasteiger partial charge in [0.25, 0.3) is 5.56 Å². The number of fused-ring (bicyclic) bond motifs is 1. The predicted molar refractivity (Wildman–Crippen MR) is 138 cm³/mol. The highest BCUT2D eigenvalue weighted by Gasteiger charge is 2.26. The van der Waals surface area contributed by atoms with Gasteiger partial charge in [0, 0.05) is 36.3 Å². The zero-order chi connectivity index (χ0) is 24.1. The number of pyridine rings is 1. The molecule has 0 bridgehead atoms. The molecule has 2 N–H and O–H groups in total. The van der Waals surface area contributed by atoms with Crippen LogP contribution in [0.2, 0.25) is 5.02 Å². The second-order valence-corrected chi connectivity index (χ2v) is 11.0. The molecule has 0 unspecified atom stereocenters. The summed E-state index contributed by atoms with van der Waals surface area (Å²) in [5, 5.41) is 11.7. The van der Waals surface area contributed by atoms with Crippen molar-refractivity contribution in [3.63, 3.8) is 0 Å². The van der Waals surface area contributed by atoms with E-state index in [1.807, 2.05) is 27.0 Å². The third-order valence-electron chi connectivity index (χ3n) is 6.94. The Balaban J connectivity index is 1.72. The molecule has 0 spiro atoms. The van der Waals surface area contributed by atoms with Crippen molar-refractivity contribution in [2.75, 3.05) is 19.6 Å². The van der Waals surface area contributed by atoms with Crippen molar-refractivity contribution in [3.8, 4) is 11.3 Å². The van der Waals surface area contributed by atoms with Gasteiger partial charge in [-0.2, -0.15) is 0 Å². The highest BCUT2D eigenvalue weighted by atomic mass is 35.5. The quantitative estimate of drug-likeness (QED) is 0.513. The topological polar surface area (TPSA) is 61.3 Å². The lowest BCUT2D eigenvalue weighted by Crippen LogP contribution is -2.42. The summed E-state index contributed by atoms with van der Waals surface area (Å²) in [7, 11) is 1.75. The van der Waals surface area contributed by atoms with E-state index < -0.39 is 5.60 Å². The van der Waals surface area contributed by atoms with Crippen molar-refractivity contribution in [2.24, 2.45) is 7.05 Å². The Kier molecular flexibility index (Phi) is 6.51. The van der Waals surface area contributed by atoms with Crippen LogP contribution in [0.25, 0.3) is 22.2 Å². The maximum atomic E-state index is 12.3. The van der Waals surface area contributed by atoms with Gasteiger partial charge in [0.2, 0.25) is 0 Å². The number of likely N-dealkylation sites (tertiary alicyclic amines) is 1. The Labute approximate surface area is 201 Å². The van der Waals surface area contributed by atoms with Crippen molar-refractivity contribution in [1.29, 1.82) is 0 Å². The molecule has 4 rings (SSSR count). The molecule has 0 aliphatic carbocycles. The van der Waals surface area contributed by atoms with Crippen LogP contribution < -0.4 is 5.56 Å². The van der Waals surface area contributed by atoms with Crippen molar-refractivity contribution in [2.45, 2.75) is 64.9 Å². The lowest BCUT2D eigenvalue weighted by Gasteiger charge is -2.35. The highest BCUT2D eigenvalue weighted by Crippen LogP contribution is 2.39. The number of hydrogen-bond donors (Lipinski definition) is 2. The van der Waals surface area contributed by atoms with Crippen LogP contribution in [0, 0.1) is 6.92 Å². The van der Waals surface area contributed by atoms with Crippen LogP contribution in [0.3, 0.4) is 0 Å². The van der Waals surface area contributed by atoms with E-state index in [1.165, 1.54) is 16.5 Å². The number of aromatic amines is 1. The summed E-state index contributed by atoms with van der Waals surface area (Å²) >= 11 is 6.38. The molecule has 1 saturated heterocycles. The van der Waals surface area contributed by atoms with Crippen LogP contribution >= 0.6 is 11.6 Å². The van der Waals surface area contributed by atoms with E-state index in [1.54, 1.807) is 11.6 Å². The summed E-state index contributed by atoms with van der Waals surface area (Å²) < 4.78 is 1.56. The second-order valence-electron chi connectivity index (χ2n) is 10.6. The zero-order valence-corrected chi connectivity index (χ0v) is 21.4. The number of halogens is 1. The molecule has 1 aromatic carbocycles. The first kappa shape index (κ1) is 24.1. The van der Waals surface area contributed by atoms with Gasteiger partial charge in [-0.25, -0.2) is 0 Å². The minimum atomic E-state index is -0.651. The number of piperidine rings is 1. The van der Waals surface area contributed by atoms with E-state index in [2.05, 4.69) is 41.9 Å². The Morgan fingerprint density at radius 3 is 2.52 bits per heavy atom. The standard InChI is InChI=1S/C27H36ClN3O2/c1-16(2)23-20-13-19(18-9-11-31(12-10-18)15-27(4,5)33)7-8-22(20)29-25(23)21-14-30(6)26(32)24(28)17(21)3/h7-8,13-14,16,18,29,33H,9-12,15H2,1-6H3. The van der Waals surface area contributed by atoms with Crippen LogP contribution in [0.1, 0.15) is 69.1 Å². The molecule has 3 aromatic rings. The summed E-state index contributed by atoms with van der Waals surface area (Å²) in [6, 6.07) is 6.81. The minimum absolute atomic E-state index is 0.168. The SMILES string of the molecule is Cc1c(-c2[nH]c3ccc(C4CCN(CC(C)(C)O)CC4)cc3c2C(C)C)cn(C)c(=O)c1Cl. The molecule has 0 amide bonds. The van der Waals surface area contributed by atoms with Crippen LogP contribution in [0.4, 0.5) is 0 Å². The van der Waals surface area contributed by atoms with Gasteiger partial charge in [-0.1, -0.05) is 31.5 Å². The summed E-state index contributed by atoms with van der Waals surface area (Å²) in [4.78, 5) is 18.3. The Bertz CT molecular complexity index is 1220. The van der Waals surface area contributed by atoms with Gasteiger partial charge in [-0.15, -0.1) is 0 Å². The third-order valence-corrected chi connectivity index (χ3v) is 7.39. The smallest absolute Gasteiger partial charge is 0.269 e. The van der Waals surface area contributed by atoms with Crippen LogP contribution in [0.15, 0.2) is 29.2 Å². The molecular formula is C27H36ClN3O2. The number of β-amino-alcohol motifs (C(OH)–C–C–N with tert-alkyl or cyclic N) is 1. The molecule has 0 saturated carbocycles. The minimum Gasteiger partial charge on any atom is -0.389 e. The predicted octanol–water partition coefficient (Wildman–Crippen LogP) is 5.57. The average Bonchev–Trinajstić information content (AvgIpc) is 3.13. The fourth-order valence-electron chi connectivity index (χ4n) is 5.30. The largest absolute Gasteiger partial charge is 0.389 e. The van der Waals surface area contributed by atoms with E-state index in [0.29, 0.717) is 11.8 Å². The first-order chi connectivity index (χ1) is 15.5. The highest BCUT2D eigenvalue weighted by molar-refractivity contribution is 6.31. The molecule has 1 aliphatic rings. The van der Waals surface area contributed by atoms with Gasteiger partial charge in [-0.3, -0.25) is 4.79 Å². The van der Waals surface area contributed by atoms with E-state index in [4.69, 9.17) is 11.6 Å². The van der Waals surface area contributed by atoms with Crippen molar-refractivity contribution in [1.82, 2.24) is 14.5 Å². The number of nitrogens with zero attached hydrogens (tertiary/aromatic N) is 2. The van der Waals surface area contributed by atoms with Gasteiger partial charge in [0.05, 0.1) is 11.3 Å². The van der Waals surface area contributed by atoms with E-state index in [0.717, 1.165) is 54.8 Å². The summed E-state index contributed by atoms with van der Waals surface area (Å²) in [6.45, 7) is 12.8. The number of aromatic nitrogens is 2. The molecule has 0 radical (unpaired) electrons. The van der Waals surface area contributed by atoms with Gasteiger partial charge in [0.1, 0.15) is 5.02 Å². The normalized spacial score (nSPS) is 16.3. The second kappa shape index (κ2) is 8.94. The van der Waals surface area contributed by atoms with Gasteiger partial charge < -0.3 is 19.6 Å².